The molecule has 1 unspecified atom stereocenters. The Labute approximate surface area is 77.8 Å². The molecule has 0 aromatic carbocycles. The van der Waals surface area contributed by atoms with Gasteiger partial charge in [0.1, 0.15) is 12.6 Å². The molecule has 0 aromatic rings. The molecule has 11 heavy (non-hydrogen) atoms. The molecule has 0 amide bonds. The van der Waals surface area contributed by atoms with Gasteiger partial charge in [0.25, 0.3) is 0 Å². The van der Waals surface area contributed by atoms with E-state index in [1.807, 2.05) is 0 Å². The third-order valence-electron chi connectivity index (χ3n) is 0.843. The molecule has 0 aliphatic rings. The second kappa shape index (κ2) is 7.91. The van der Waals surface area contributed by atoms with Crippen molar-refractivity contribution < 1.29 is 9.53 Å². The topological polar surface area (TPSA) is 52.3 Å². The molecule has 0 spiro atoms. The molecule has 0 heterocycles. The summed E-state index contributed by atoms with van der Waals surface area (Å²) in [6.07, 6.45) is 1.49. The lowest BCUT2D eigenvalue weighted by molar-refractivity contribution is -0.143. The Bertz CT molecular complexity index is 132. The average Bonchev–Trinajstić information content (AvgIpc) is 1.98. The summed E-state index contributed by atoms with van der Waals surface area (Å²) in [7, 11) is 0. The lowest BCUT2D eigenvalue weighted by Gasteiger charge is -2.05. The largest absolute Gasteiger partial charge is 0.460 e. The van der Waals surface area contributed by atoms with Crippen molar-refractivity contribution in [1.82, 2.24) is 0 Å². The summed E-state index contributed by atoms with van der Waals surface area (Å²) in [6.45, 7) is 3.59. The Morgan fingerprint density at radius 2 is 2.36 bits per heavy atom. The normalized spacial score (nSPS) is 11.1. The van der Waals surface area contributed by atoms with Gasteiger partial charge in [0, 0.05) is 5.75 Å². The fourth-order valence-corrected chi connectivity index (χ4v) is 0.472. The van der Waals surface area contributed by atoms with Crippen LogP contribution in [0.4, 0.5) is 0 Å². The maximum Gasteiger partial charge on any atom is 0.324 e. The van der Waals surface area contributed by atoms with E-state index in [1.165, 1.54) is 6.08 Å². The molecule has 2 N–H and O–H groups in total. The maximum atomic E-state index is 10.7. The van der Waals surface area contributed by atoms with Crippen molar-refractivity contribution in [1.29, 1.82) is 0 Å². The van der Waals surface area contributed by atoms with Gasteiger partial charge in [0.2, 0.25) is 0 Å². The molecule has 0 fully saturated rings. The molecule has 0 radical (unpaired) electrons. The first-order valence-corrected chi connectivity index (χ1v) is 3.49. The Balaban J connectivity index is 0. The van der Waals surface area contributed by atoms with Gasteiger partial charge in [-0.05, 0) is 0 Å². The van der Waals surface area contributed by atoms with Gasteiger partial charge < -0.3 is 10.5 Å². The van der Waals surface area contributed by atoms with E-state index in [1.54, 1.807) is 0 Å². The van der Waals surface area contributed by atoms with E-state index >= 15 is 0 Å². The quantitative estimate of drug-likeness (QED) is 0.390. The number of carbonyl (C=O) groups is 1. The number of rotatable bonds is 4. The maximum absolute atomic E-state index is 10.7. The highest BCUT2D eigenvalue weighted by molar-refractivity contribution is 7.80. The van der Waals surface area contributed by atoms with Gasteiger partial charge in [0.05, 0.1) is 0 Å². The van der Waals surface area contributed by atoms with E-state index in [0.717, 1.165) is 0 Å². The summed E-state index contributed by atoms with van der Waals surface area (Å²) >= 11 is 3.83. The van der Waals surface area contributed by atoms with Crippen molar-refractivity contribution >= 4 is 31.0 Å². The predicted molar refractivity (Wildman–Crippen MR) is 50.2 cm³/mol. The summed E-state index contributed by atoms with van der Waals surface area (Å²) < 4.78 is 4.61. The van der Waals surface area contributed by atoms with Crippen LogP contribution in [0.1, 0.15) is 0 Å². The number of esters is 1. The number of carbonyl (C=O) groups excluding carboxylic acids is 1. The molecule has 1 atom stereocenters. The molecule has 0 aliphatic heterocycles. The molecule has 66 valence electrons. The zero-order valence-electron chi connectivity index (χ0n) is 6.03. The number of thiol groups is 1. The standard InChI is InChI=1S/C6H11NO2S.ClH/c1-2-3-9-6(8)5(7)4-10;/h2,5,10H,1,3-4,7H2;1H. The monoisotopic (exact) mass is 197 g/mol. The zero-order chi connectivity index (χ0) is 7.98. The number of hydrogen-bond acceptors (Lipinski definition) is 4. The molecule has 0 rings (SSSR count). The highest BCUT2D eigenvalue weighted by atomic mass is 35.5. The fourth-order valence-electron chi connectivity index (χ4n) is 0.323. The molecule has 0 saturated carbocycles. The zero-order valence-corrected chi connectivity index (χ0v) is 7.74. The molecule has 3 nitrogen and oxygen atoms in total. The first kappa shape index (κ1) is 13.4. The van der Waals surface area contributed by atoms with Gasteiger partial charge in [0.15, 0.2) is 0 Å². The van der Waals surface area contributed by atoms with Crippen molar-refractivity contribution in [3.05, 3.63) is 12.7 Å². The molecule has 0 bridgehead atoms. The molecular formula is C6H12ClNO2S. The minimum atomic E-state index is -0.622. The highest BCUT2D eigenvalue weighted by Crippen LogP contribution is 1.88. The van der Waals surface area contributed by atoms with Crippen molar-refractivity contribution in [2.45, 2.75) is 6.04 Å². The second-order valence-corrected chi connectivity index (χ2v) is 2.07. The molecule has 0 aliphatic carbocycles. The molecule has 0 saturated heterocycles. The Kier molecular flexibility index (Phi) is 9.64. The van der Waals surface area contributed by atoms with E-state index in [4.69, 9.17) is 5.73 Å². The second-order valence-electron chi connectivity index (χ2n) is 1.71. The van der Waals surface area contributed by atoms with Crippen LogP contribution in [0.15, 0.2) is 12.7 Å². The van der Waals surface area contributed by atoms with Crippen LogP contribution in [-0.4, -0.2) is 24.4 Å². The number of halogens is 1. The van der Waals surface area contributed by atoms with Crippen LogP contribution in [0.5, 0.6) is 0 Å². The van der Waals surface area contributed by atoms with E-state index in [-0.39, 0.29) is 19.0 Å². The number of nitrogens with two attached hydrogens (primary N) is 1. The minimum Gasteiger partial charge on any atom is -0.460 e. The first-order valence-electron chi connectivity index (χ1n) is 2.86. The van der Waals surface area contributed by atoms with E-state index in [0.29, 0.717) is 5.75 Å². The van der Waals surface area contributed by atoms with Crippen LogP contribution >= 0.6 is 25.0 Å². The molecule has 5 heteroatoms. The minimum absolute atomic E-state index is 0. The lowest BCUT2D eigenvalue weighted by atomic mass is 10.4. The van der Waals surface area contributed by atoms with Gasteiger partial charge in [-0.2, -0.15) is 12.6 Å². The van der Waals surface area contributed by atoms with Crippen LogP contribution < -0.4 is 5.73 Å². The summed E-state index contributed by atoms with van der Waals surface area (Å²) in [5.74, 6) is -0.134. The van der Waals surface area contributed by atoms with Crippen molar-refractivity contribution in [3.8, 4) is 0 Å². The van der Waals surface area contributed by atoms with Crippen molar-refractivity contribution in [2.24, 2.45) is 5.73 Å². The Morgan fingerprint density at radius 1 is 1.82 bits per heavy atom. The molecule has 0 aromatic heterocycles. The number of ether oxygens (including phenoxy) is 1. The third kappa shape index (κ3) is 6.22. The Hall–Kier alpha value is -0.190. The lowest BCUT2D eigenvalue weighted by Crippen LogP contribution is -2.33. The van der Waals surface area contributed by atoms with Gasteiger partial charge in [-0.25, -0.2) is 0 Å². The van der Waals surface area contributed by atoms with E-state index in [2.05, 4.69) is 23.9 Å². The van der Waals surface area contributed by atoms with Gasteiger partial charge in [-0.15, -0.1) is 12.4 Å². The van der Waals surface area contributed by atoms with Crippen LogP contribution in [0, 0.1) is 0 Å². The average molecular weight is 198 g/mol. The SMILES string of the molecule is C=CCOC(=O)C(N)CS.Cl. The summed E-state index contributed by atoms with van der Waals surface area (Å²) in [4.78, 5) is 10.7. The summed E-state index contributed by atoms with van der Waals surface area (Å²) in [5, 5.41) is 0. The third-order valence-corrected chi connectivity index (χ3v) is 1.24. The highest BCUT2D eigenvalue weighted by Gasteiger charge is 2.10. The van der Waals surface area contributed by atoms with Crippen LogP contribution in [-0.2, 0) is 9.53 Å². The predicted octanol–water partition coefficient (Wildman–Crippen LogP) is 0.395. The van der Waals surface area contributed by atoms with Gasteiger partial charge in [-0.1, -0.05) is 12.7 Å². The van der Waals surface area contributed by atoms with Crippen molar-refractivity contribution in [2.75, 3.05) is 12.4 Å². The van der Waals surface area contributed by atoms with E-state index < -0.39 is 12.0 Å². The van der Waals surface area contributed by atoms with Crippen LogP contribution in [0.2, 0.25) is 0 Å². The first-order chi connectivity index (χ1) is 4.72. The summed E-state index contributed by atoms with van der Waals surface area (Å²) in [6, 6.07) is -0.622. The summed E-state index contributed by atoms with van der Waals surface area (Å²) in [5.41, 5.74) is 5.27. The smallest absolute Gasteiger partial charge is 0.324 e. The van der Waals surface area contributed by atoms with E-state index in [9.17, 15) is 4.79 Å². The fraction of sp³-hybridized carbons (Fsp3) is 0.500. The molecular weight excluding hydrogens is 186 g/mol. The van der Waals surface area contributed by atoms with Gasteiger partial charge >= 0.3 is 5.97 Å². The van der Waals surface area contributed by atoms with Gasteiger partial charge in [-0.3, -0.25) is 4.79 Å². The Morgan fingerprint density at radius 3 is 2.73 bits per heavy atom. The van der Waals surface area contributed by atoms with Crippen LogP contribution in [0.25, 0.3) is 0 Å². The number of hydrogen-bond donors (Lipinski definition) is 2. The van der Waals surface area contributed by atoms with Crippen molar-refractivity contribution in [3.63, 3.8) is 0 Å². The van der Waals surface area contributed by atoms with Crippen LogP contribution in [0.3, 0.4) is 0 Å².